The first-order valence-corrected chi connectivity index (χ1v) is 13.7. The number of rotatable bonds is 8. The van der Waals surface area contributed by atoms with Gasteiger partial charge in [0.05, 0.1) is 6.54 Å². The molecule has 7 heteroatoms. The lowest BCUT2D eigenvalue weighted by atomic mass is 9.96. The van der Waals surface area contributed by atoms with Crippen molar-refractivity contribution < 1.29 is 9.32 Å². The Kier molecular flexibility index (Phi) is 8.31. The number of likely N-dealkylation sites (tertiary alicyclic amines) is 2. The number of carbonyl (C=O) groups is 1. The molecule has 2 aliphatic rings. The molecule has 0 saturated carbocycles. The molecule has 0 radical (unpaired) electrons. The molecule has 1 atom stereocenters. The third-order valence-corrected chi connectivity index (χ3v) is 7.73. The molecule has 1 N–H and O–H groups in total. The van der Waals surface area contributed by atoms with Crippen LogP contribution in [-0.2, 0) is 24.4 Å². The highest BCUT2D eigenvalue weighted by molar-refractivity contribution is 5.78. The van der Waals surface area contributed by atoms with E-state index in [9.17, 15) is 4.79 Å². The summed E-state index contributed by atoms with van der Waals surface area (Å²) >= 11 is 0. The van der Waals surface area contributed by atoms with Crippen LogP contribution < -0.4 is 5.32 Å². The number of hydrogen-bond donors (Lipinski definition) is 1. The van der Waals surface area contributed by atoms with Crippen molar-refractivity contribution in [1.82, 2.24) is 25.3 Å². The van der Waals surface area contributed by atoms with Crippen molar-refractivity contribution in [1.29, 1.82) is 0 Å². The monoisotopic (exact) mass is 501 g/mol. The fraction of sp³-hybridized carbons (Fsp3) is 0.500. The van der Waals surface area contributed by atoms with Gasteiger partial charge in [0.15, 0.2) is 0 Å². The molecular weight excluding hydrogens is 462 g/mol. The summed E-state index contributed by atoms with van der Waals surface area (Å²) in [6.45, 7) is 10.7. The zero-order valence-corrected chi connectivity index (χ0v) is 22.2. The summed E-state index contributed by atoms with van der Waals surface area (Å²) in [7, 11) is 0. The number of nitrogens with one attached hydrogen (secondary N) is 1. The molecular formula is C30H39N5O2. The van der Waals surface area contributed by atoms with E-state index in [4.69, 9.17) is 4.52 Å². The van der Waals surface area contributed by atoms with Crippen molar-refractivity contribution in [2.45, 2.75) is 59.2 Å². The minimum atomic E-state index is 0.0578. The van der Waals surface area contributed by atoms with Gasteiger partial charge in [-0.25, -0.2) is 0 Å². The van der Waals surface area contributed by atoms with Crippen LogP contribution in [0.25, 0.3) is 11.4 Å². The van der Waals surface area contributed by atoms with Crippen LogP contribution in [0.3, 0.4) is 0 Å². The summed E-state index contributed by atoms with van der Waals surface area (Å²) in [5, 5.41) is 7.29. The minimum absolute atomic E-state index is 0.0578. The maximum atomic E-state index is 12.8. The zero-order valence-electron chi connectivity index (χ0n) is 22.2. The molecule has 1 amide bonds. The first-order valence-electron chi connectivity index (χ1n) is 13.7. The molecule has 1 aromatic heterocycles. The van der Waals surface area contributed by atoms with Crippen LogP contribution in [0.4, 0.5) is 0 Å². The Hall–Kier alpha value is -3.03. The van der Waals surface area contributed by atoms with E-state index in [-0.39, 0.29) is 11.8 Å². The highest BCUT2D eigenvalue weighted by Crippen LogP contribution is 2.22. The summed E-state index contributed by atoms with van der Waals surface area (Å²) in [6.07, 6.45) is 4.34. The Morgan fingerprint density at radius 1 is 0.946 bits per heavy atom. The van der Waals surface area contributed by atoms with E-state index in [2.05, 4.69) is 63.4 Å². The van der Waals surface area contributed by atoms with E-state index >= 15 is 0 Å². The van der Waals surface area contributed by atoms with E-state index < -0.39 is 0 Å². The molecule has 2 aromatic carbocycles. The molecule has 7 nitrogen and oxygen atoms in total. The van der Waals surface area contributed by atoms with Gasteiger partial charge in [0.2, 0.25) is 17.6 Å². The number of nitrogens with zero attached hydrogens (tertiary/aromatic N) is 4. The van der Waals surface area contributed by atoms with Crippen molar-refractivity contribution >= 4 is 5.91 Å². The first-order chi connectivity index (χ1) is 18.0. The molecule has 196 valence electrons. The van der Waals surface area contributed by atoms with E-state index in [1.54, 1.807) is 0 Å². The summed E-state index contributed by atoms with van der Waals surface area (Å²) in [6, 6.07) is 16.8. The maximum Gasteiger partial charge on any atom is 0.241 e. The second kappa shape index (κ2) is 12.0. The third kappa shape index (κ3) is 7.05. The Balaban J connectivity index is 1.03. The average Bonchev–Trinajstić information content (AvgIpc) is 3.37. The lowest BCUT2D eigenvalue weighted by Gasteiger charge is -2.30. The standard InChI is InChI=1S/C30H39N5O2/c1-22-5-11-26(12-6-22)29-32-28(37-33-29)21-34-16-13-27(14-17-34)30(36)31-18-24-7-9-25(10-8-24)20-35-15-3-4-23(2)19-35/h5-12,23,27H,3-4,13-21H2,1-2H3,(H,31,36). The summed E-state index contributed by atoms with van der Waals surface area (Å²) in [4.78, 5) is 22.2. The Labute approximate surface area is 220 Å². The van der Waals surface area contributed by atoms with Crippen molar-refractivity contribution in [3.63, 3.8) is 0 Å². The summed E-state index contributed by atoms with van der Waals surface area (Å²) in [5.74, 6) is 2.26. The van der Waals surface area contributed by atoms with E-state index in [0.29, 0.717) is 24.8 Å². The van der Waals surface area contributed by atoms with Crippen LogP contribution in [0, 0.1) is 18.8 Å². The molecule has 3 heterocycles. The first kappa shape index (κ1) is 25.6. The van der Waals surface area contributed by atoms with Gasteiger partial charge in [0.25, 0.3) is 0 Å². The molecule has 5 rings (SSSR count). The fourth-order valence-electron chi connectivity index (χ4n) is 5.47. The van der Waals surface area contributed by atoms with Gasteiger partial charge in [0.1, 0.15) is 0 Å². The van der Waals surface area contributed by atoms with E-state index in [0.717, 1.165) is 49.5 Å². The van der Waals surface area contributed by atoms with Crippen molar-refractivity contribution in [3.8, 4) is 11.4 Å². The van der Waals surface area contributed by atoms with Crippen molar-refractivity contribution in [2.75, 3.05) is 26.2 Å². The normalized spacial score (nSPS) is 19.7. The quantitative estimate of drug-likeness (QED) is 0.478. The number of benzene rings is 2. The van der Waals surface area contributed by atoms with Gasteiger partial charge < -0.3 is 9.84 Å². The summed E-state index contributed by atoms with van der Waals surface area (Å²) in [5.41, 5.74) is 4.67. The van der Waals surface area contributed by atoms with Crippen LogP contribution in [0.15, 0.2) is 53.1 Å². The van der Waals surface area contributed by atoms with Gasteiger partial charge >= 0.3 is 0 Å². The van der Waals surface area contributed by atoms with Gasteiger partial charge in [-0.3, -0.25) is 14.6 Å². The SMILES string of the molecule is Cc1ccc(-c2noc(CN3CCC(C(=O)NCc4ccc(CN5CCCC(C)C5)cc4)CC3)n2)cc1. The lowest BCUT2D eigenvalue weighted by molar-refractivity contribution is -0.126. The Morgan fingerprint density at radius 2 is 1.68 bits per heavy atom. The lowest BCUT2D eigenvalue weighted by Crippen LogP contribution is -2.40. The fourth-order valence-corrected chi connectivity index (χ4v) is 5.47. The number of aromatic nitrogens is 2. The van der Waals surface area contributed by atoms with Crippen LogP contribution in [0.1, 0.15) is 55.2 Å². The second-order valence-corrected chi connectivity index (χ2v) is 10.9. The molecule has 0 aliphatic carbocycles. The second-order valence-electron chi connectivity index (χ2n) is 10.9. The molecule has 37 heavy (non-hydrogen) atoms. The van der Waals surface area contributed by atoms with Crippen LogP contribution >= 0.6 is 0 Å². The van der Waals surface area contributed by atoms with E-state index in [1.165, 1.54) is 37.1 Å². The van der Waals surface area contributed by atoms with Crippen LogP contribution in [-0.4, -0.2) is 52.0 Å². The highest BCUT2D eigenvalue weighted by atomic mass is 16.5. The van der Waals surface area contributed by atoms with Gasteiger partial charge in [-0.1, -0.05) is 66.2 Å². The van der Waals surface area contributed by atoms with Gasteiger partial charge in [-0.15, -0.1) is 0 Å². The number of piperidine rings is 2. The van der Waals surface area contributed by atoms with Crippen molar-refractivity contribution in [2.24, 2.45) is 11.8 Å². The number of carbonyl (C=O) groups excluding carboxylic acids is 1. The third-order valence-electron chi connectivity index (χ3n) is 7.73. The van der Waals surface area contributed by atoms with Gasteiger partial charge in [-0.05, 0) is 69.3 Å². The van der Waals surface area contributed by atoms with Crippen LogP contribution in [0.2, 0.25) is 0 Å². The molecule has 0 spiro atoms. The topological polar surface area (TPSA) is 74.5 Å². The predicted octanol–water partition coefficient (Wildman–Crippen LogP) is 4.81. The largest absolute Gasteiger partial charge is 0.352 e. The average molecular weight is 502 g/mol. The van der Waals surface area contributed by atoms with Gasteiger partial charge in [-0.2, -0.15) is 4.98 Å². The van der Waals surface area contributed by atoms with E-state index in [1.807, 2.05) is 24.3 Å². The van der Waals surface area contributed by atoms with Crippen molar-refractivity contribution in [3.05, 3.63) is 71.1 Å². The zero-order chi connectivity index (χ0) is 25.6. The van der Waals surface area contributed by atoms with Gasteiger partial charge in [0, 0.05) is 31.1 Å². The summed E-state index contributed by atoms with van der Waals surface area (Å²) < 4.78 is 5.48. The molecule has 1 unspecified atom stereocenters. The molecule has 2 fully saturated rings. The molecule has 2 saturated heterocycles. The number of aryl methyl sites for hydroxylation is 1. The minimum Gasteiger partial charge on any atom is -0.352 e. The Morgan fingerprint density at radius 3 is 2.41 bits per heavy atom. The maximum absolute atomic E-state index is 12.8. The Bertz CT molecular complexity index is 1150. The number of amides is 1. The molecule has 2 aliphatic heterocycles. The molecule has 3 aromatic rings. The predicted molar refractivity (Wildman–Crippen MR) is 144 cm³/mol. The highest BCUT2D eigenvalue weighted by Gasteiger charge is 2.26. The van der Waals surface area contributed by atoms with Crippen LogP contribution in [0.5, 0.6) is 0 Å². The number of hydrogen-bond acceptors (Lipinski definition) is 6. The molecule has 0 bridgehead atoms. The smallest absolute Gasteiger partial charge is 0.241 e.